The molecule has 3 heteroatoms. The molecule has 1 aliphatic rings. The van der Waals surface area contributed by atoms with E-state index in [1.54, 1.807) is 0 Å². The normalized spacial score (nSPS) is 17.0. The van der Waals surface area contributed by atoms with Crippen LogP contribution < -0.4 is 5.32 Å². The quantitative estimate of drug-likeness (QED) is 0.674. The third-order valence-corrected chi connectivity index (χ3v) is 5.06. The van der Waals surface area contributed by atoms with Crippen molar-refractivity contribution in [3.63, 3.8) is 0 Å². The van der Waals surface area contributed by atoms with Crippen LogP contribution in [0.25, 0.3) is 16.8 Å². The predicted molar refractivity (Wildman–Crippen MR) is 109 cm³/mol. The molecule has 2 aromatic carbocycles. The number of rotatable bonds is 4. The molecule has 0 saturated heterocycles. The lowest BCUT2D eigenvalue weighted by molar-refractivity contribution is 0.533. The van der Waals surface area contributed by atoms with Gasteiger partial charge in [0.05, 0.1) is 5.69 Å². The maximum Gasteiger partial charge on any atom is 0.0704 e. The number of nitrogens with zero attached hydrogens (tertiary/aromatic N) is 1. The Morgan fingerprint density at radius 3 is 2.58 bits per heavy atom. The molecule has 1 atom stereocenters. The largest absolute Gasteiger partial charge is 0.310 e. The second kappa shape index (κ2) is 7.86. The molecule has 0 spiro atoms. The third kappa shape index (κ3) is 4.04. The van der Waals surface area contributed by atoms with Crippen LogP contribution >= 0.6 is 11.6 Å². The lowest BCUT2D eigenvalue weighted by Gasteiger charge is -2.25. The van der Waals surface area contributed by atoms with Crippen molar-refractivity contribution in [1.29, 1.82) is 0 Å². The van der Waals surface area contributed by atoms with Crippen molar-refractivity contribution in [2.75, 3.05) is 6.54 Å². The Morgan fingerprint density at radius 2 is 1.77 bits per heavy atom. The van der Waals surface area contributed by atoms with E-state index in [4.69, 9.17) is 11.6 Å². The van der Waals surface area contributed by atoms with Crippen LogP contribution in [0, 0.1) is 0 Å². The fraction of sp³-hybridized carbons (Fsp3) is 0.174. The molecule has 1 aromatic heterocycles. The van der Waals surface area contributed by atoms with Crippen LogP contribution in [-0.4, -0.2) is 17.6 Å². The van der Waals surface area contributed by atoms with Gasteiger partial charge in [0, 0.05) is 29.4 Å². The summed E-state index contributed by atoms with van der Waals surface area (Å²) in [4.78, 5) is 4.52. The first-order valence-electron chi connectivity index (χ1n) is 8.96. The monoisotopic (exact) mass is 360 g/mol. The maximum atomic E-state index is 5.99. The summed E-state index contributed by atoms with van der Waals surface area (Å²) in [7, 11) is 0. The van der Waals surface area contributed by atoms with Gasteiger partial charge in [0.15, 0.2) is 0 Å². The SMILES string of the molecule is Clc1ccc(-c2cc(CC3CC(c4ccccc4)=CCN3)ccn2)cc1. The van der Waals surface area contributed by atoms with Crippen LogP contribution in [0.2, 0.25) is 5.02 Å². The smallest absolute Gasteiger partial charge is 0.0704 e. The highest BCUT2D eigenvalue weighted by Gasteiger charge is 2.16. The number of benzene rings is 2. The highest BCUT2D eigenvalue weighted by Crippen LogP contribution is 2.25. The van der Waals surface area contributed by atoms with Crippen LogP contribution in [0.1, 0.15) is 17.5 Å². The van der Waals surface area contributed by atoms with Gasteiger partial charge in [0.1, 0.15) is 0 Å². The Bertz CT molecular complexity index is 901. The minimum absolute atomic E-state index is 0.440. The van der Waals surface area contributed by atoms with E-state index < -0.39 is 0 Å². The number of nitrogens with one attached hydrogen (secondary N) is 1. The van der Waals surface area contributed by atoms with Crippen molar-refractivity contribution in [3.8, 4) is 11.3 Å². The Hall–Kier alpha value is -2.42. The fourth-order valence-electron chi connectivity index (χ4n) is 3.47. The molecule has 4 rings (SSSR count). The van der Waals surface area contributed by atoms with Gasteiger partial charge in [-0.1, -0.05) is 60.1 Å². The average molecular weight is 361 g/mol. The summed E-state index contributed by atoms with van der Waals surface area (Å²) in [5.41, 5.74) is 6.15. The van der Waals surface area contributed by atoms with Crippen molar-refractivity contribution in [2.45, 2.75) is 18.9 Å². The molecule has 0 fully saturated rings. The van der Waals surface area contributed by atoms with Crippen LogP contribution in [0.4, 0.5) is 0 Å². The van der Waals surface area contributed by atoms with Gasteiger partial charge in [0.25, 0.3) is 0 Å². The van der Waals surface area contributed by atoms with Crippen molar-refractivity contribution in [1.82, 2.24) is 10.3 Å². The molecular formula is C23H21ClN2. The van der Waals surface area contributed by atoms with Crippen molar-refractivity contribution in [2.24, 2.45) is 0 Å². The minimum Gasteiger partial charge on any atom is -0.310 e. The molecule has 26 heavy (non-hydrogen) atoms. The number of aromatic nitrogens is 1. The Kier molecular flexibility index (Phi) is 5.14. The molecule has 130 valence electrons. The molecule has 2 nitrogen and oxygen atoms in total. The summed E-state index contributed by atoms with van der Waals surface area (Å²) in [5.74, 6) is 0. The van der Waals surface area contributed by atoms with Gasteiger partial charge in [-0.25, -0.2) is 0 Å². The highest BCUT2D eigenvalue weighted by molar-refractivity contribution is 6.30. The topological polar surface area (TPSA) is 24.9 Å². The lowest BCUT2D eigenvalue weighted by atomic mass is 9.92. The van der Waals surface area contributed by atoms with E-state index in [0.717, 1.165) is 35.7 Å². The predicted octanol–water partition coefficient (Wildman–Crippen LogP) is 5.39. The second-order valence-electron chi connectivity index (χ2n) is 6.67. The molecule has 1 unspecified atom stereocenters. The molecular weight excluding hydrogens is 340 g/mol. The minimum atomic E-state index is 0.440. The summed E-state index contributed by atoms with van der Waals surface area (Å²) >= 11 is 5.99. The Morgan fingerprint density at radius 1 is 0.962 bits per heavy atom. The van der Waals surface area contributed by atoms with Gasteiger partial charge in [-0.05, 0) is 53.8 Å². The lowest BCUT2D eigenvalue weighted by Crippen LogP contribution is -2.34. The van der Waals surface area contributed by atoms with Crippen LogP contribution in [0.15, 0.2) is 79.0 Å². The van der Waals surface area contributed by atoms with E-state index in [1.807, 2.05) is 30.5 Å². The zero-order chi connectivity index (χ0) is 17.8. The number of halogens is 1. The molecule has 0 saturated carbocycles. The number of hydrogen-bond donors (Lipinski definition) is 1. The summed E-state index contributed by atoms with van der Waals surface area (Å²) < 4.78 is 0. The van der Waals surface area contributed by atoms with Crippen molar-refractivity contribution < 1.29 is 0 Å². The van der Waals surface area contributed by atoms with Gasteiger partial charge in [-0.15, -0.1) is 0 Å². The zero-order valence-corrected chi connectivity index (χ0v) is 15.3. The Labute approximate surface area is 159 Å². The average Bonchev–Trinajstić information content (AvgIpc) is 2.70. The van der Waals surface area contributed by atoms with Gasteiger partial charge in [-0.2, -0.15) is 0 Å². The maximum absolute atomic E-state index is 5.99. The summed E-state index contributed by atoms with van der Waals surface area (Å²) in [6.45, 7) is 0.921. The van der Waals surface area contributed by atoms with Crippen LogP contribution in [0.3, 0.4) is 0 Å². The van der Waals surface area contributed by atoms with Crippen LogP contribution in [0.5, 0.6) is 0 Å². The highest BCUT2D eigenvalue weighted by atomic mass is 35.5. The van der Waals surface area contributed by atoms with Crippen LogP contribution in [-0.2, 0) is 6.42 Å². The van der Waals surface area contributed by atoms with E-state index in [-0.39, 0.29) is 0 Å². The van der Waals surface area contributed by atoms with Gasteiger partial charge in [-0.3, -0.25) is 4.98 Å². The fourth-order valence-corrected chi connectivity index (χ4v) is 3.59. The Balaban J connectivity index is 1.48. The first-order valence-corrected chi connectivity index (χ1v) is 9.34. The van der Waals surface area contributed by atoms with E-state index in [1.165, 1.54) is 16.7 Å². The molecule has 1 N–H and O–H groups in total. The number of pyridine rings is 1. The first-order chi connectivity index (χ1) is 12.8. The summed E-state index contributed by atoms with van der Waals surface area (Å²) in [6, 6.07) is 23.3. The molecule has 2 heterocycles. The summed E-state index contributed by atoms with van der Waals surface area (Å²) in [5, 5.41) is 4.37. The van der Waals surface area contributed by atoms with E-state index >= 15 is 0 Å². The van der Waals surface area contributed by atoms with Gasteiger partial charge >= 0.3 is 0 Å². The summed E-state index contributed by atoms with van der Waals surface area (Å²) in [6.07, 6.45) is 6.24. The second-order valence-corrected chi connectivity index (χ2v) is 7.10. The molecule has 0 aliphatic carbocycles. The molecule has 1 aliphatic heterocycles. The molecule has 0 bridgehead atoms. The van der Waals surface area contributed by atoms with Gasteiger partial charge in [0.2, 0.25) is 0 Å². The molecule has 0 amide bonds. The first kappa shape index (κ1) is 17.0. The molecule has 0 radical (unpaired) electrons. The van der Waals surface area contributed by atoms with Gasteiger partial charge < -0.3 is 5.32 Å². The standard InChI is InChI=1S/C23H21ClN2/c24-21-8-6-19(7-9-21)23-15-17(10-12-26-23)14-22-16-20(11-13-25-22)18-4-2-1-3-5-18/h1-12,15,22,25H,13-14,16H2. The third-order valence-electron chi connectivity index (χ3n) is 4.81. The van der Waals surface area contributed by atoms with E-state index in [9.17, 15) is 0 Å². The number of hydrogen-bond acceptors (Lipinski definition) is 2. The van der Waals surface area contributed by atoms with Crippen molar-refractivity contribution >= 4 is 17.2 Å². The van der Waals surface area contributed by atoms with Crippen molar-refractivity contribution in [3.05, 3.63) is 95.2 Å². The van der Waals surface area contributed by atoms with E-state index in [2.05, 4.69) is 58.8 Å². The molecule has 3 aromatic rings. The zero-order valence-electron chi connectivity index (χ0n) is 14.5. The van der Waals surface area contributed by atoms with E-state index in [0.29, 0.717) is 6.04 Å².